The minimum Gasteiger partial charge on any atom is -0.267 e. The van der Waals surface area contributed by atoms with E-state index in [1.54, 1.807) is 37.3 Å². The predicted octanol–water partition coefficient (Wildman–Crippen LogP) is 5.49. The summed E-state index contributed by atoms with van der Waals surface area (Å²) in [6.45, 7) is 1.70. The van der Waals surface area contributed by atoms with Gasteiger partial charge in [0.05, 0.1) is 16.5 Å². The van der Waals surface area contributed by atoms with Crippen LogP contribution >= 0.6 is 23.4 Å². The second kappa shape index (κ2) is 7.74. The summed E-state index contributed by atoms with van der Waals surface area (Å²) in [6.07, 6.45) is -1.76. The Labute approximate surface area is 162 Å². The highest BCUT2D eigenvalue weighted by Gasteiger charge is 2.35. The summed E-state index contributed by atoms with van der Waals surface area (Å²) in [4.78, 5) is 16.5. The summed E-state index contributed by atoms with van der Waals surface area (Å²) >= 11 is 6.75. The van der Waals surface area contributed by atoms with Gasteiger partial charge in [-0.25, -0.2) is 4.98 Å². The normalized spacial score (nSPS) is 12.8. The van der Waals surface area contributed by atoms with E-state index in [1.165, 1.54) is 23.1 Å². The first-order valence-electron chi connectivity index (χ1n) is 7.80. The van der Waals surface area contributed by atoms with Crippen molar-refractivity contribution in [2.75, 3.05) is 0 Å². The van der Waals surface area contributed by atoms with Gasteiger partial charge in [0, 0.05) is 23.0 Å². The fourth-order valence-electron chi connectivity index (χ4n) is 2.43. The summed E-state index contributed by atoms with van der Waals surface area (Å²) < 4.78 is 40.7. The topological polar surface area (TPSA) is 47.8 Å². The van der Waals surface area contributed by atoms with Gasteiger partial charge in [0.2, 0.25) is 0 Å². The Bertz CT molecular complexity index is 957. The average Bonchev–Trinajstić information content (AvgIpc) is 3.11. The molecule has 0 saturated heterocycles. The fraction of sp³-hybridized carbons (Fsp3) is 0.167. The lowest BCUT2D eigenvalue weighted by Gasteiger charge is -2.16. The largest absolute Gasteiger partial charge is 0.419 e. The molecule has 0 fully saturated rings. The Morgan fingerprint density at radius 1 is 1.15 bits per heavy atom. The molecule has 0 aliphatic heterocycles. The van der Waals surface area contributed by atoms with Gasteiger partial charge in [-0.15, -0.1) is 0 Å². The number of hydrogen-bond donors (Lipinski definition) is 0. The monoisotopic (exact) mass is 411 g/mol. The van der Waals surface area contributed by atoms with Crippen molar-refractivity contribution < 1.29 is 18.0 Å². The number of aromatic nitrogens is 3. The zero-order valence-corrected chi connectivity index (χ0v) is 15.5. The number of halogens is 4. The van der Waals surface area contributed by atoms with Crippen LogP contribution in [0.2, 0.25) is 5.02 Å². The standard InChI is InChI=1S/C18H13ClF3N3OS/c1-11(27-16-14(18(20,21)22)3-2-9-23-16)15-8-10-24-25(15)17(26)12-4-6-13(19)7-5-12/h2-11H,1H3. The molecule has 9 heteroatoms. The molecule has 0 bridgehead atoms. The minimum absolute atomic E-state index is 0.149. The maximum absolute atomic E-state index is 13.2. The summed E-state index contributed by atoms with van der Waals surface area (Å²) in [5, 5.41) is 3.88. The molecule has 4 nitrogen and oxygen atoms in total. The van der Waals surface area contributed by atoms with E-state index in [2.05, 4.69) is 10.1 Å². The molecule has 1 aromatic carbocycles. The number of pyridine rings is 1. The van der Waals surface area contributed by atoms with E-state index in [0.717, 1.165) is 17.8 Å². The van der Waals surface area contributed by atoms with Gasteiger partial charge in [-0.3, -0.25) is 4.79 Å². The van der Waals surface area contributed by atoms with Gasteiger partial charge in [0.1, 0.15) is 5.03 Å². The van der Waals surface area contributed by atoms with Crippen LogP contribution in [-0.2, 0) is 6.18 Å². The van der Waals surface area contributed by atoms with Crippen LogP contribution in [0.5, 0.6) is 0 Å². The number of carbonyl (C=O) groups excluding carboxylic acids is 1. The highest BCUT2D eigenvalue weighted by molar-refractivity contribution is 7.99. The third kappa shape index (κ3) is 4.33. The van der Waals surface area contributed by atoms with E-state index < -0.39 is 22.9 Å². The van der Waals surface area contributed by atoms with Crippen molar-refractivity contribution in [2.24, 2.45) is 0 Å². The Kier molecular flexibility index (Phi) is 5.57. The number of rotatable bonds is 4. The highest BCUT2D eigenvalue weighted by atomic mass is 35.5. The molecular formula is C18H13ClF3N3OS. The molecule has 2 aromatic heterocycles. The van der Waals surface area contributed by atoms with Gasteiger partial charge in [0.15, 0.2) is 0 Å². The van der Waals surface area contributed by atoms with E-state index in [4.69, 9.17) is 11.6 Å². The van der Waals surface area contributed by atoms with Crippen LogP contribution < -0.4 is 0 Å². The van der Waals surface area contributed by atoms with Gasteiger partial charge in [0.25, 0.3) is 5.91 Å². The van der Waals surface area contributed by atoms with Crippen LogP contribution in [-0.4, -0.2) is 20.7 Å². The van der Waals surface area contributed by atoms with Crippen LogP contribution in [0.25, 0.3) is 0 Å². The van der Waals surface area contributed by atoms with Gasteiger partial charge in [-0.2, -0.15) is 23.0 Å². The maximum Gasteiger partial charge on any atom is 0.419 e. The maximum atomic E-state index is 13.2. The molecule has 0 amide bonds. The lowest BCUT2D eigenvalue weighted by Crippen LogP contribution is -2.17. The van der Waals surface area contributed by atoms with Crippen LogP contribution in [0.3, 0.4) is 0 Å². The molecule has 3 rings (SSSR count). The fourth-order valence-corrected chi connectivity index (χ4v) is 3.63. The molecule has 1 unspecified atom stereocenters. The number of hydrogen-bond acceptors (Lipinski definition) is 4. The van der Waals surface area contributed by atoms with Crippen molar-refractivity contribution in [1.29, 1.82) is 0 Å². The molecule has 0 N–H and O–H groups in total. The Morgan fingerprint density at radius 3 is 2.52 bits per heavy atom. The molecule has 27 heavy (non-hydrogen) atoms. The number of carbonyl (C=O) groups is 1. The van der Waals surface area contributed by atoms with Gasteiger partial charge in [-0.05, 0) is 49.4 Å². The third-order valence-electron chi connectivity index (χ3n) is 3.74. The zero-order valence-electron chi connectivity index (χ0n) is 13.9. The summed E-state index contributed by atoms with van der Waals surface area (Å²) in [7, 11) is 0. The second-order valence-electron chi connectivity index (χ2n) is 5.59. The average molecular weight is 412 g/mol. The lowest BCUT2D eigenvalue weighted by molar-refractivity contribution is -0.140. The Hall–Kier alpha value is -2.32. The van der Waals surface area contributed by atoms with E-state index in [0.29, 0.717) is 16.3 Å². The SMILES string of the molecule is CC(Sc1ncccc1C(F)(F)F)c1ccnn1C(=O)c1ccc(Cl)cc1. The van der Waals surface area contributed by atoms with Crippen LogP contribution in [0.15, 0.2) is 59.9 Å². The molecule has 3 aromatic rings. The first-order chi connectivity index (χ1) is 12.8. The Morgan fingerprint density at radius 2 is 1.85 bits per heavy atom. The molecular weight excluding hydrogens is 399 g/mol. The highest BCUT2D eigenvalue weighted by Crippen LogP contribution is 2.41. The second-order valence-corrected chi connectivity index (χ2v) is 7.36. The molecule has 0 aliphatic carbocycles. The summed E-state index contributed by atoms with van der Waals surface area (Å²) in [5.41, 5.74) is 0.0334. The summed E-state index contributed by atoms with van der Waals surface area (Å²) in [5.74, 6) is -0.392. The number of nitrogens with zero attached hydrogens (tertiary/aromatic N) is 3. The van der Waals surface area contributed by atoms with E-state index in [1.807, 2.05) is 0 Å². The predicted molar refractivity (Wildman–Crippen MR) is 96.9 cm³/mol. The molecule has 0 saturated carbocycles. The smallest absolute Gasteiger partial charge is 0.267 e. The number of benzene rings is 1. The van der Waals surface area contributed by atoms with Crippen molar-refractivity contribution in [3.63, 3.8) is 0 Å². The van der Waals surface area contributed by atoms with Crippen molar-refractivity contribution >= 4 is 29.3 Å². The molecule has 140 valence electrons. The van der Waals surface area contributed by atoms with Crippen LogP contribution in [0.4, 0.5) is 13.2 Å². The van der Waals surface area contributed by atoms with E-state index >= 15 is 0 Å². The number of thioether (sulfide) groups is 1. The zero-order chi connectivity index (χ0) is 19.6. The molecule has 0 radical (unpaired) electrons. The first kappa shape index (κ1) is 19.4. The quantitative estimate of drug-likeness (QED) is 0.532. The molecule has 1 atom stereocenters. The van der Waals surface area contributed by atoms with E-state index in [9.17, 15) is 18.0 Å². The number of alkyl halides is 3. The third-order valence-corrected chi connectivity index (χ3v) is 5.13. The van der Waals surface area contributed by atoms with Crippen LogP contribution in [0, 0.1) is 0 Å². The minimum atomic E-state index is -4.50. The van der Waals surface area contributed by atoms with Gasteiger partial charge < -0.3 is 0 Å². The molecule has 2 heterocycles. The van der Waals surface area contributed by atoms with E-state index in [-0.39, 0.29) is 5.03 Å². The van der Waals surface area contributed by atoms with Crippen molar-refractivity contribution in [1.82, 2.24) is 14.8 Å². The van der Waals surface area contributed by atoms with Gasteiger partial charge in [-0.1, -0.05) is 23.4 Å². The van der Waals surface area contributed by atoms with Crippen LogP contribution in [0.1, 0.15) is 33.8 Å². The Balaban J connectivity index is 1.88. The van der Waals surface area contributed by atoms with Crippen molar-refractivity contribution in [3.8, 4) is 0 Å². The summed E-state index contributed by atoms with van der Waals surface area (Å²) in [6, 6.07) is 10.1. The van der Waals surface area contributed by atoms with Gasteiger partial charge >= 0.3 is 6.18 Å². The lowest BCUT2D eigenvalue weighted by atomic mass is 10.2. The molecule has 0 aliphatic rings. The molecule has 0 spiro atoms. The van der Waals surface area contributed by atoms with Crippen molar-refractivity contribution in [2.45, 2.75) is 23.4 Å². The first-order valence-corrected chi connectivity index (χ1v) is 9.06. The van der Waals surface area contributed by atoms with Crippen molar-refractivity contribution in [3.05, 3.63) is 76.7 Å².